The molecule has 0 spiro atoms. The van der Waals surface area contributed by atoms with Crippen LogP contribution >= 0.6 is 0 Å². The normalized spacial score (nSPS) is 37.0. The van der Waals surface area contributed by atoms with E-state index in [1.54, 1.807) is 7.11 Å². The highest BCUT2D eigenvalue weighted by atomic mass is 16.5. The zero-order chi connectivity index (χ0) is 12.8. The van der Waals surface area contributed by atoms with Crippen molar-refractivity contribution >= 4 is 5.91 Å². The number of methoxy groups -OCH3 is 1. The lowest BCUT2D eigenvalue weighted by Crippen LogP contribution is -2.42. The summed E-state index contributed by atoms with van der Waals surface area (Å²) in [5, 5.41) is 0. The minimum atomic E-state index is -0.305. The van der Waals surface area contributed by atoms with Crippen LogP contribution in [0.4, 0.5) is 0 Å². The van der Waals surface area contributed by atoms with Gasteiger partial charge >= 0.3 is 0 Å². The first kappa shape index (κ1) is 12.9. The Labute approximate surface area is 105 Å². The lowest BCUT2D eigenvalue weighted by atomic mass is 9.65. The van der Waals surface area contributed by atoms with Gasteiger partial charge in [0.15, 0.2) is 0 Å². The first-order valence-electron chi connectivity index (χ1n) is 6.60. The first-order valence-corrected chi connectivity index (χ1v) is 6.60. The second-order valence-corrected chi connectivity index (χ2v) is 7.06. The molecule has 0 aromatic rings. The molecule has 3 heteroatoms. The van der Waals surface area contributed by atoms with E-state index in [1.807, 2.05) is 6.92 Å². The average Bonchev–Trinajstić information content (AvgIpc) is 2.45. The van der Waals surface area contributed by atoms with Gasteiger partial charge in [0.1, 0.15) is 6.10 Å². The molecule has 98 valence electrons. The van der Waals surface area contributed by atoms with E-state index in [0.29, 0.717) is 16.9 Å². The van der Waals surface area contributed by atoms with Gasteiger partial charge in [-0.25, -0.2) is 0 Å². The molecule has 1 amide bonds. The van der Waals surface area contributed by atoms with Crippen LogP contribution in [0.2, 0.25) is 0 Å². The Morgan fingerprint density at radius 1 is 1.35 bits per heavy atom. The largest absolute Gasteiger partial charge is 0.372 e. The maximum absolute atomic E-state index is 12.3. The van der Waals surface area contributed by atoms with Crippen molar-refractivity contribution in [2.24, 2.45) is 10.8 Å². The molecule has 1 saturated heterocycles. The molecule has 0 aromatic carbocycles. The highest BCUT2D eigenvalue weighted by molar-refractivity contribution is 5.81. The molecule has 1 aliphatic heterocycles. The Morgan fingerprint density at radius 2 is 2.00 bits per heavy atom. The summed E-state index contributed by atoms with van der Waals surface area (Å²) in [5.41, 5.74) is 0.679. The van der Waals surface area contributed by atoms with E-state index in [1.165, 1.54) is 12.8 Å². The predicted molar refractivity (Wildman–Crippen MR) is 67.7 cm³/mol. The Morgan fingerprint density at radius 3 is 2.59 bits per heavy atom. The summed E-state index contributed by atoms with van der Waals surface area (Å²) in [6.07, 6.45) is 3.21. The quantitative estimate of drug-likeness (QED) is 0.741. The molecule has 0 N–H and O–H groups in total. The van der Waals surface area contributed by atoms with E-state index >= 15 is 0 Å². The standard InChI is InChI=1S/C14H25NO2/c1-10(17-5)12(16)15-9-14(4)7-11(15)6-13(2,3)8-14/h10-11H,6-9H2,1-5H3. The zero-order valence-electron chi connectivity index (χ0n) is 11.7. The summed E-state index contributed by atoms with van der Waals surface area (Å²) in [7, 11) is 1.61. The fourth-order valence-corrected chi connectivity index (χ4v) is 4.05. The van der Waals surface area contributed by atoms with Gasteiger partial charge in [-0.1, -0.05) is 20.8 Å². The van der Waals surface area contributed by atoms with Gasteiger partial charge in [0.25, 0.3) is 5.91 Å². The first-order chi connectivity index (χ1) is 7.76. The van der Waals surface area contributed by atoms with Gasteiger partial charge in [-0.2, -0.15) is 0 Å². The van der Waals surface area contributed by atoms with Crippen molar-refractivity contribution in [2.45, 2.75) is 59.1 Å². The van der Waals surface area contributed by atoms with Gasteiger partial charge in [-0.15, -0.1) is 0 Å². The number of carbonyl (C=O) groups excluding carboxylic acids is 1. The predicted octanol–water partition coefficient (Wildman–Crippen LogP) is 2.45. The highest BCUT2D eigenvalue weighted by Crippen LogP contribution is 2.52. The van der Waals surface area contributed by atoms with Crippen LogP contribution in [-0.4, -0.2) is 36.6 Å². The molecule has 2 aliphatic rings. The van der Waals surface area contributed by atoms with Gasteiger partial charge in [-0.3, -0.25) is 4.79 Å². The van der Waals surface area contributed by atoms with E-state index in [9.17, 15) is 4.79 Å². The van der Waals surface area contributed by atoms with Gasteiger partial charge < -0.3 is 9.64 Å². The lowest BCUT2D eigenvalue weighted by molar-refractivity contribution is -0.142. The maximum atomic E-state index is 12.3. The Kier molecular flexibility index (Phi) is 3.01. The van der Waals surface area contributed by atoms with Crippen molar-refractivity contribution in [2.75, 3.05) is 13.7 Å². The number of rotatable bonds is 2. The monoisotopic (exact) mass is 239 g/mol. The summed E-state index contributed by atoms with van der Waals surface area (Å²) < 4.78 is 5.17. The molecule has 17 heavy (non-hydrogen) atoms. The molecule has 2 bridgehead atoms. The van der Waals surface area contributed by atoms with E-state index in [-0.39, 0.29) is 12.0 Å². The molecule has 3 nitrogen and oxygen atoms in total. The third-order valence-electron chi connectivity index (χ3n) is 4.40. The molecule has 3 atom stereocenters. The number of nitrogens with zero attached hydrogens (tertiary/aromatic N) is 1. The van der Waals surface area contributed by atoms with Crippen LogP contribution in [-0.2, 0) is 9.53 Å². The van der Waals surface area contributed by atoms with Gasteiger partial charge in [-0.05, 0) is 37.0 Å². The number of carbonyl (C=O) groups is 1. The van der Waals surface area contributed by atoms with Crippen molar-refractivity contribution in [3.05, 3.63) is 0 Å². The van der Waals surface area contributed by atoms with Crippen molar-refractivity contribution in [3.8, 4) is 0 Å². The van der Waals surface area contributed by atoms with Crippen molar-refractivity contribution < 1.29 is 9.53 Å². The van der Waals surface area contributed by atoms with Crippen molar-refractivity contribution in [1.29, 1.82) is 0 Å². The molecule has 1 heterocycles. The summed E-state index contributed by atoms with van der Waals surface area (Å²) in [5.74, 6) is 0.166. The van der Waals surface area contributed by atoms with Gasteiger partial charge in [0.2, 0.25) is 0 Å². The fraction of sp³-hybridized carbons (Fsp3) is 0.929. The van der Waals surface area contributed by atoms with Crippen LogP contribution in [0.3, 0.4) is 0 Å². The molecule has 2 fully saturated rings. The number of hydrogen-bond acceptors (Lipinski definition) is 2. The van der Waals surface area contributed by atoms with E-state index in [0.717, 1.165) is 13.0 Å². The number of likely N-dealkylation sites (tertiary alicyclic amines) is 1. The number of hydrogen-bond donors (Lipinski definition) is 0. The minimum absolute atomic E-state index is 0.166. The Hall–Kier alpha value is -0.570. The molecule has 2 rings (SSSR count). The molecule has 3 unspecified atom stereocenters. The Bertz CT molecular complexity index is 326. The minimum Gasteiger partial charge on any atom is -0.372 e. The summed E-state index contributed by atoms with van der Waals surface area (Å²) in [6.45, 7) is 9.73. The molecule has 0 radical (unpaired) electrons. The molecule has 1 saturated carbocycles. The van der Waals surface area contributed by atoms with Gasteiger partial charge in [0, 0.05) is 19.7 Å². The summed E-state index contributed by atoms with van der Waals surface area (Å²) in [6, 6.07) is 0.425. The van der Waals surface area contributed by atoms with Crippen LogP contribution in [0.25, 0.3) is 0 Å². The lowest BCUT2D eigenvalue weighted by Gasteiger charge is -2.39. The summed E-state index contributed by atoms with van der Waals surface area (Å²) in [4.78, 5) is 14.3. The Balaban J connectivity index is 2.16. The molecular formula is C14H25NO2. The van der Waals surface area contributed by atoms with Crippen molar-refractivity contribution in [1.82, 2.24) is 4.90 Å². The topological polar surface area (TPSA) is 29.5 Å². The smallest absolute Gasteiger partial charge is 0.251 e. The average molecular weight is 239 g/mol. The third kappa shape index (κ3) is 2.35. The van der Waals surface area contributed by atoms with Gasteiger partial charge in [0.05, 0.1) is 0 Å². The van der Waals surface area contributed by atoms with E-state index in [2.05, 4.69) is 25.7 Å². The number of amides is 1. The molecule has 0 aromatic heterocycles. The van der Waals surface area contributed by atoms with Crippen LogP contribution in [0, 0.1) is 10.8 Å². The second kappa shape index (κ2) is 3.98. The molecule has 1 aliphatic carbocycles. The van der Waals surface area contributed by atoms with Crippen LogP contribution in [0.1, 0.15) is 47.0 Å². The summed E-state index contributed by atoms with van der Waals surface area (Å²) >= 11 is 0. The van der Waals surface area contributed by atoms with E-state index < -0.39 is 0 Å². The van der Waals surface area contributed by atoms with Crippen LogP contribution in [0.15, 0.2) is 0 Å². The third-order valence-corrected chi connectivity index (χ3v) is 4.40. The zero-order valence-corrected chi connectivity index (χ0v) is 11.7. The number of fused-ring (bicyclic) bond motifs is 2. The van der Waals surface area contributed by atoms with Crippen LogP contribution in [0.5, 0.6) is 0 Å². The fourth-order valence-electron chi connectivity index (χ4n) is 4.05. The number of ether oxygens (including phenoxy) is 1. The van der Waals surface area contributed by atoms with Crippen molar-refractivity contribution in [3.63, 3.8) is 0 Å². The van der Waals surface area contributed by atoms with Crippen LogP contribution < -0.4 is 0 Å². The highest BCUT2D eigenvalue weighted by Gasteiger charge is 2.51. The second-order valence-electron chi connectivity index (χ2n) is 7.06. The maximum Gasteiger partial charge on any atom is 0.251 e. The molecular weight excluding hydrogens is 214 g/mol. The van der Waals surface area contributed by atoms with E-state index in [4.69, 9.17) is 4.74 Å². The SMILES string of the molecule is COC(C)C(=O)N1CC2(C)CC1CC(C)(C)C2.